The number of hydrogen-bond donors (Lipinski definition) is 2. The maximum Gasteiger partial charge on any atom is 0.243 e. The quantitative estimate of drug-likeness (QED) is 0.884. The summed E-state index contributed by atoms with van der Waals surface area (Å²) in [4.78, 5) is 15.4. The van der Waals surface area contributed by atoms with Crippen LogP contribution in [0.25, 0.3) is 0 Å². The van der Waals surface area contributed by atoms with E-state index in [0.29, 0.717) is 11.6 Å². The highest BCUT2D eigenvalue weighted by molar-refractivity contribution is 9.11. The number of hydrogen-bond acceptors (Lipinski definition) is 4. The van der Waals surface area contributed by atoms with Crippen LogP contribution in [-0.2, 0) is 4.79 Å². The van der Waals surface area contributed by atoms with Crippen LogP contribution in [0.15, 0.2) is 9.98 Å². The molecule has 1 atom stereocenters. The Hall–Kier alpha value is -0.460. The molecule has 0 spiro atoms. The molecular formula is C8H12BrN3OS. The van der Waals surface area contributed by atoms with Gasteiger partial charge in [-0.3, -0.25) is 4.79 Å². The summed E-state index contributed by atoms with van der Waals surface area (Å²) in [5, 5.41) is 3.24. The van der Waals surface area contributed by atoms with E-state index in [1.165, 1.54) is 11.3 Å². The molecule has 1 aromatic rings. The van der Waals surface area contributed by atoms with Crippen molar-refractivity contribution in [2.45, 2.75) is 25.8 Å². The van der Waals surface area contributed by atoms with Crippen molar-refractivity contribution in [1.82, 2.24) is 4.98 Å². The molecule has 1 rings (SSSR count). The van der Waals surface area contributed by atoms with E-state index >= 15 is 0 Å². The van der Waals surface area contributed by atoms with E-state index in [1.54, 1.807) is 6.20 Å². The average molecular weight is 278 g/mol. The van der Waals surface area contributed by atoms with Crippen LogP contribution in [0.1, 0.15) is 19.8 Å². The zero-order valence-electron chi connectivity index (χ0n) is 7.79. The first-order valence-corrected chi connectivity index (χ1v) is 5.92. The summed E-state index contributed by atoms with van der Waals surface area (Å²) in [5.74, 6) is -0.172. The van der Waals surface area contributed by atoms with Gasteiger partial charge in [0.2, 0.25) is 5.91 Å². The van der Waals surface area contributed by atoms with Gasteiger partial charge in [-0.1, -0.05) is 24.7 Å². The van der Waals surface area contributed by atoms with Gasteiger partial charge in [0.15, 0.2) is 5.13 Å². The number of rotatable bonds is 4. The fraction of sp³-hybridized carbons (Fsp3) is 0.500. The molecule has 1 heterocycles. The lowest BCUT2D eigenvalue weighted by Crippen LogP contribution is -2.35. The summed E-state index contributed by atoms with van der Waals surface area (Å²) in [6.07, 6.45) is 3.24. The Morgan fingerprint density at radius 2 is 2.57 bits per heavy atom. The van der Waals surface area contributed by atoms with Crippen molar-refractivity contribution in [3.63, 3.8) is 0 Å². The molecule has 0 aromatic carbocycles. The number of thiazole rings is 1. The van der Waals surface area contributed by atoms with E-state index in [-0.39, 0.29) is 5.91 Å². The van der Waals surface area contributed by atoms with Crippen LogP contribution in [0, 0.1) is 0 Å². The van der Waals surface area contributed by atoms with Crippen LogP contribution in [0.5, 0.6) is 0 Å². The molecule has 0 aliphatic carbocycles. The summed E-state index contributed by atoms with van der Waals surface area (Å²) in [6, 6.07) is -0.442. The zero-order chi connectivity index (χ0) is 10.6. The van der Waals surface area contributed by atoms with Crippen molar-refractivity contribution < 1.29 is 4.79 Å². The second kappa shape index (κ2) is 5.43. The van der Waals surface area contributed by atoms with E-state index in [0.717, 1.165) is 10.2 Å². The number of nitrogens with zero attached hydrogens (tertiary/aromatic N) is 1. The number of aromatic nitrogens is 1. The Bertz CT molecular complexity index is 315. The SMILES string of the molecule is CCCC(N)C(=O)Nc1ncc(Br)s1. The number of amides is 1. The molecule has 0 aliphatic heterocycles. The zero-order valence-corrected chi connectivity index (χ0v) is 10.2. The number of halogens is 1. The molecule has 0 saturated carbocycles. The molecule has 78 valence electrons. The third-order valence-electron chi connectivity index (χ3n) is 1.64. The molecule has 1 amide bonds. The molecule has 1 aromatic heterocycles. The van der Waals surface area contributed by atoms with Gasteiger partial charge in [0.1, 0.15) is 0 Å². The van der Waals surface area contributed by atoms with Crippen molar-refractivity contribution in [3.05, 3.63) is 9.98 Å². The first-order chi connectivity index (χ1) is 6.63. The average Bonchev–Trinajstić information content (AvgIpc) is 2.51. The maximum absolute atomic E-state index is 11.4. The summed E-state index contributed by atoms with van der Waals surface area (Å²) in [5.41, 5.74) is 5.64. The number of nitrogens with two attached hydrogens (primary N) is 1. The van der Waals surface area contributed by atoms with Gasteiger partial charge in [-0.25, -0.2) is 4.98 Å². The van der Waals surface area contributed by atoms with Crippen molar-refractivity contribution in [2.75, 3.05) is 5.32 Å². The summed E-state index contributed by atoms with van der Waals surface area (Å²) < 4.78 is 0.886. The van der Waals surface area contributed by atoms with Crippen molar-refractivity contribution >= 4 is 38.3 Å². The van der Waals surface area contributed by atoms with Gasteiger partial charge < -0.3 is 11.1 Å². The molecule has 0 fully saturated rings. The monoisotopic (exact) mass is 277 g/mol. The first-order valence-electron chi connectivity index (χ1n) is 4.31. The molecule has 0 radical (unpaired) electrons. The van der Waals surface area contributed by atoms with Gasteiger partial charge in [0, 0.05) is 0 Å². The van der Waals surface area contributed by atoms with E-state index < -0.39 is 6.04 Å². The van der Waals surface area contributed by atoms with Crippen LogP contribution in [0.4, 0.5) is 5.13 Å². The van der Waals surface area contributed by atoms with E-state index in [4.69, 9.17) is 5.73 Å². The highest BCUT2D eigenvalue weighted by atomic mass is 79.9. The molecular weight excluding hydrogens is 266 g/mol. The third-order valence-corrected chi connectivity index (χ3v) is 3.04. The lowest BCUT2D eigenvalue weighted by molar-refractivity contribution is -0.117. The third kappa shape index (κ3) is 3.36. The van der Waals surface area contributed by atoms with Gasteiger partial charge >= 0.3 is 0 Å². The summed E-state index contributed by atoms with van der Waals surface area (Å²) in [6.45, 7) is 1.99. The second-order valence-electron chi connectivity index (χ2n) is 2.85. The van der Waals surface area contributed by atoms with E-state index in [2.05, 4.69) is 26.2 Å². The fourth-order valence-corrected chi connectivity index (χ4v) is 2.06. The van der Waals surface area contributed by atoms with Crippen molar-refractivity contribution in [1.29, 1.82) is 0 Å². The molecule has 1 unspecified atom stereocenters. The van der Waals surface area contributed by atoms with Gasteiger partial charge in [-0.15, -0.1) is 0 Å². The van der Waals surface area contributed by atoms with Crippen LogP contribution in [0.2, 0.25) is 0 Å². The lowest BCUT2D eigenvalue weighted by atomic mass is 10.2. The Morgan fingerprint density at radius 3 is 3.07 bits per heavy atom. The first kappa shape index (κ1) is 11.6. The minimum absolute atomic E-state index is 0.172. The Kier molecular flexibility index (Phi) is 4.50. The van der Waals surface area contributed by atoms with Crippen LogP contribution in [-0.4, -0.2) is 16.9 Å². The highest BCUT2D eigenvalue weighted by Crippen LogP contribution is 2.23. The van der Waals surface area contributed by atoms with Crippen LogP contribution >= 0.6 is 27.3 Å². The predicted molar refractivity (Wildman–Crippen MR) is 61.3 cm³/mol. The normalized spacial score (nSPS) is 12.5. The van der Waals surface area contributed by atoms with Gasteiger partial charge in [0.25, 0.3) is 0 Å². The van der Waals surface area contributed by atoms with Crippen molar-refractivity contribution in [3.8, 4) is 0 Å². The standard InChI is InChI=1S/C8H12BrN3OS/c1-2-3-5(10)7(13)12-8-11-4-6(9)14-8/h4-5H,2-3,10H2,1H3,(H,11,12,13). The fourth-order valence-electron chi connectivity index (χ4n) is 0.952. The number of carbonyl (C=O) groups excluding carboxylic acids is 1. The Morgan fingerprint density at radius 1 is 1.86 bits per heavy atom. The second-order valence-corrected chi connectivity index (χ2v) is 5.26. The lowest BCUT2D eigenvalue weighted by Gasteiger charge is -2.08. The van der Waals surface area contributed by atoms with Gasteiger partial charge in [0.05, 0.1) is 16.0 Å². The maximum atomic E-state index is 11.4. The molecule has 0 aliphatic rings. The predicted octanol–water partition coefficient (Wildman–Crippen LogP) is 1.97. The van der Waals surface area contributed by atoms with Crippen LogP contribution in [0.3, 0.4) is 0 Å². The van der Waals surface area contributed by atoms with Gasteiger partial charge in [-0.2, -0.15) is 0 Å². The molecule has 0 bridgehead atoms. The molecule has 3 N–H and O–H groups in total. The summed E-state index contributed by atoms with van der Waals surface area (Å²) >= 11 is 4.63. The molecule has 14 heavy (non-hydrogen) atoms. The number of nitrogens with one attached hydrogen (secondary N) is 1. The summed E-state index contributed by atoms with van der Waals surface area (Å²) in [7, 11) is 0. The smallest absolute Gasteiger partial charge is 0.243 e. The largest absolute Gasteiger partial charge is 0.320 e. The van der Waals surface area contributed by atoms with E-state index in [1.807, 2.05) is 6.92 Å². The molecule has 4 nitrogen and oxygen atoms in total. The Balaban J connectivity index is 2.48. The topological polar surface area (TPSA) is 68.0 Å². The minimum atomic E-state index is -0.442. The highest BCUT2D eigenvalue weighted by Gasteiger charge is 2.13. The Labute approximate surface area is 95.0 Å². The van der Waals surface area contributed by atoms with Gasteiger partial charge in [-0.05, 0) is 22.4 Å². The van der Waals surface area contributed by atoms with E-state index in [9.17, 15) is 4.79 Å². The molecule has 0 saturated heterocycles. The van der Waals surface area contributed by atoms with Crippen molar-refractivity contribution in [2.24, 2.45) is 5.73 Å². The molecule has 6 heteroatoms. The van der Waals surface area contributed by atoms with Crippen LogP contribution < -0.4 is 11.1 Å². The number of carbonyl (C=O) groups is 1. The number of anilines is 1. The minimum Gasteiger partial charge on any atom is -0.320 e.